The lowest BCUT2D eigenvalue weighted by Gasteiger charge is -2.09. The van der Waals surface area contributed by atoms with E-state index >= 15 is 0 Å². The lowest BCUT2D eigenvalue weighted by atomic mass is 10.2. The van der Waals surface area contributed by atoms with Crippen LogP contribution in [0, 0.1) is 0 Å². The van der Waals surface area contributed by atoms with Crippen LogP contribution in [0.4, 0.5) is 0 Å². The van der Waals surface area contributed by atoms with E-state index in [2.05, 4.69) is 6.92 Å². The van der Waals surface area contributed by atoms with E-state index in [-0.39, 0.29) is 11.7 Å². The number of aromatic hydroxyl groups is 1. The SMILES string of the molecule is CCCc1cc2cc(O)ccc2n1C(=O)c1ccc(Cl)cc1. The molecule has 3 aromatic rings. The van der Waals surface area contributed by atoms with Gasteiger partial charge in [0, 0.05) is 21.7 Å². The van der Waals surface area contributed by atoms with Crippen LogP contribution in [0.1, 0.15) is 29.4 Å². The molecule has 4 heteroatoms. The molecule has 0 saturated carbocycles. The first kappa shape index (κ1) is 14.7. The molecule has 0 aliphatic carbocycles. The predicted octanol–water partition coefficient (Wildman–Crippen LogP) is 4.64. The Morgan fingerprint density at radius 3 is 2.55 bits per heavy atom. The molecule has 3 rings (SSSR count). The van der Waals surface area contributed by atoms with Crippen LogP contribution in [0.3, 0.4) is 0 Å². The van der Waals surface area contributed by atoms with Crippen molar-refractivity contribution in [3.63, 3.8) is 0 Å². The summed E-state index contributed by atoms with van der Waals surface area (Å²) in [5, 5.41) is 11.1. The Bertz CT molecular complexity index is 834. The highest BCUT2D eigenvalue weighted by atomic mass is 35.5. The first-order chi connectivity index (χ1) is 10.6. The number of phenols is 1. The van der Waals surface area contributed by atoms with Gasteiger partial charge < -0.3 is 5.11 Å². The van der Waals surface area contributed by atoms with Gasteiger partial charge in [-0.3, -0.25) is 9.36 Å². The van der Waals surface area contributed by atoms with E-state index in [4.69, 9.17) is 11.6 Å². The van der Waals surface area contributed by atoms with Gasteiger partial charge >= 0.3 is 0 Å². The van der Waals surface area contributed by atoms with Crippen molar-refractivity contribution in [1.29, 1.82) is 0 Å². The Balaban J connectivity index is 2.17. The lowest BCUT2D eigenvalue weighted by molar-refractivity contribution is 0.0962. The number of hydrogen-bond donors (Lipinski definition) is 1. The number of halogens is 1. The van der Waals surface area contributed by atoms with Gasteiger partial charge in [-0.05, 0) is 55.0 Å². The number of aryl methyl sites for hydroxylation is 1. The fourth-order valence-electron chi connectivity index (χ4n) is 2.66. The van der Waals surface area contributed by atoms with Gasteiger partial charge in [0.25, 0.3) is 5.91 Å². The molecule has 0 saturated heterocycles. The third-order valence-electron chi connectivity index (χ3n) is 3.66. The monoisotopic (exact) mass is 313 g/mol. The van der Waals surface area contributed by atoms with Gasteiger partial charge in [-0.2, -0.15) is 0 Å². The number of carbonyl (C=O) groups excluding carboxylic acids is 1. The quantitative estimate of drug-likeness (QED) is 0.765. The van der Waals surface area contributed by atoms with E-state index in [9.17, 15) is 9.90 Å². The van der Waals surface area contributed by atoms with E-state index in [0.717, 1.165) is 29.4 Å². The summed E-state index contributed by atoms with van der Waals surface area (Å²) in [6.45, 7) is 2.08. The third kappa shape index (κ3) is 2.60. The highest BCUT2D eigenvalue weighted by Crippen LogP contribution is 2.26. The van der Waals surface area contributed by atoms with E-state index in [1.807, 2.05) is 6.07 Å². The summed E-state index contributed by atoms with van der Waals surface area (Å²) >= 11 is 5.89. The molecule has 3 nitrogen and oxygen atoms in total. The average Bonchev–Trinajstić information content (AvgIpc) is 2.84. The summed E-state index contributed by atoms with van der Waals surface area (Å²) in [5.74, 6) is 0.118. The maximum atomic E-state index is 12.9. The molecular formula is C18H16ClNO2. The van der Waals surface area contributed by atoms with E-state index in [1.54, 1.807) is 47.0 Å². The van der Waals surface area contributed by atoms with Crippen molar-refractivity contribution in [2.75, 3.05) is 0 Å². The third-order valence-corrected chi connectivity index (χ3v) is 3.91. The summed E-state index contributed by atoms with van der Waals surface area (Å²) < 4.78 is 1.72. The molecule has 1 aromatic heterocycles. The summed E-state index contributed by atoms with van der Waals surface area (Å²) in [5.41, 5.74) is 2.34. The Kier molecular flexibility index (Phi) is 3.90. The zero-order valence-corrected chi connectivity index (χ0v) is 13.0. The number of fused-ring (bicyclic) bond motifs is 1. The molecular weight excluding hydrogens is 298 g/mol. The van der Waals surface area contributed by atoms with Gasteiger partial charge in [0.1, 0.15) is 5.75 Å². The van der Waals surface area contributed by atoms with Crippen molar-refractivity contribution in [3.8, 4) is 5.75 Å². The Morgan fingerprint density at radius 2 is 1.86 bits per heavy atom. The predicted molar refractivity (Wildman–Crippen MR) is 88.8 cm³/mol. The van der Waals surface area contributed by atoms with Crippen molar-refractivity contribution in [2.45, 2.75) is 19.8 Å². The number of phenolic OH excluding ortho intramolecular Hbond substituents is 1. The minimum Gasteiger partial charge on any atom is -0.508 e. The highest BCUT2D eigenvalue weighted by Gasteiger charge is 2.16. The molecule has 0 spiro atoms. The van der Waals surface area contributed by atoms with Gasteiger partial charge in [0.05, 0.1) is 5.52 Å². The fourth-order valence-corrected chi connectivity index (χ4v) is 2.79. The molecule has 1 N–H and O–H groups in total. The van der Waals surface area contributed by atoms with E-state index < -0.39 is 0 Å². The first-order valence-electron chi connectivity index (χ1n) is 7.23. The van der Waals surface area contributed by atoms with E-state index in [0.29, 0.717) is 10.6 Å². The molecule has 0 fully saturated rings. The Morgan fingerprint density at radius 1 is 1.14 bits per heavy atom. The van der Waals surface area contributed by atoms with Crippen molar-refractivity contribution in [1.82, 2.24) is 4.57 Å². The van der Waals surface area contributed by atoms with Crippen molar-refractivity contribution in [2.24, 2.45) is 0 Å². The molecule has 22 heavy (non-hydrogen) atoms. The molecule has 0 amide bonds. The van der Waals surface area contributed by atoms with Crippen molar-refractivity contribution >= 4 is 28.4 Å². The van der Waals surface area contributed by atoms with Crippen molar-refractivity contribution in [3.05, 3.63) is 64.8 Å². The van der Waals surface area contributed by atoms with Gasteiger partial charge in [0.15, 0.2) is 0 Å². The maximum Gasteiger partial charge on any atom is 0.262 e. The van der Waals surface area contributed by atoms with Gasteiger partial charge in [-0.25, -0.2) is 0 Å². The van der Waals surface area contributed by atoms with Crippen LogP contribution in [-0.4, -0.2) is 15.6 Å². The number of carbonyl (C=O) groups is 1. The standard InChI is InChI=1S/C18H16ClNO2/c1-2-3-15-10-13-11-16(21)8-9-17(13)20(15)18(22)12-4-6-14(19)7-5-12/h4-11,21H,2-3H2,1H3. The zero-order valence-electron chi connectivity index (χ0n) is 12.2. The average molecular weight is 314 g/mol. The number of hydrogen-bond acceptors (Lipinski definition) is 2. The molecule has 2 aromatic carbocycles. The van der Waals surface area contributed by atoms with Crippen molar-refractivity contribution < 1.29 is 9.90 Å². The van der Waals surface area contributed by atoms with E-state index in [1.165, 1.54) is 0 Å². The molecule has 0 unspecified atom stereocenters. The number of nitrogens with zero attached hydrogens (tertiary/aromatic N) is 1. The number of benzene rings is 2. The van der Waals surface area contributed by atoms with Crippen LogP contribution in [0.25, 0.3) is 10.9 Å². The van der Waals surface area contributed by atoms with Crippen LogP contribution < -0.4 is 0 Å². The van der Waals surface area contributed by atoms with Crippen LogP contribution in [-0.2, 0) is 6.42 Å². The molecule has 0 aliphatic rings. The molecule has 0 radical (unpaired) electrons. The second kappa shape index (κ2) is 5.85. The summed E-state index contributed by atoms with van der Waals surface area (Å²) in [6.07, 6.45) is 1.74. The summed E-state index contributed by atoms with van der Waals surface area (Å²) in [7, 11) is 0. The lowest BCUT2D eigenvalue weighted by Crippen LogP contribution is -2.14. The molecule has 0 aliphatic heterocycles. The highest BCUT2D eigenvalue weighted by molar-refractivity contribution is 6.30. The molecule has 0 atom stereocenters. The first-order valence-corrected chi connectivity index (χ1v) is 7.61. The summed E-state index contributed by atoms with van der Waals surface area (Å²) in [6, 6.07) is 13.9. The smallest absolute Gasteiger partial charge is 0.262 e. The zero-order chi connectivity index (χ0) is 15.7. The fraction of sp³-hybridized carbons (Fsp3) is 0.167. The Labute approximate surface area is 133 Å². The minimum atomic E-state index is -0.0826. The molecule has 0 bridgehead atoms. The molecule has 112 valence electrons. The van der Waals surface area contributed by atoms with Gasteiger partial charge in [-0.15, -0.1) is 0 Å². The Hall–Kier alpha value is -2.26. The normalized spacial score (nSPS) is 11.0. The second-order valence-corrected chi connectivity index (χ2v) is 5.71. The van der Waals surface area contributed by atoms with Crippen LogP contribution in [0.2, 0.25) is 5.02 Å². The second-order valence-electron chi connectivity index (χ2n) is 5.28. The van der Waals surface area contributed by atoms with Crippen LogP contribution in [0.5, 0.6) is 5.75 Å². The van der Waals surface area contributed by atoms with Crippen LogP contribution in [0.15, 0.2) is 48.5 Å². The van der Waals surface area contributed by atoms with Gasteiger partial charge in [0.2, 0.25) is 0 Å². The minimum absolute atomic E-state index is 0.0826. The maximum absolute atomic E-state index is 12.9. The largest absolute Gasteiger partial charge is 0.508 e. The number of aromatic nitrogens is 1. The number of rotatable bonds is 3. The van der Waals surface area contributed by atoms with Crippen LogP contribution >= 0.6 is 11.6 Å². The summed E-state index contributed by atoms with van der Waals surface area (Å²) in [4.78, 5) is 12.9. The molecule has 1 heterocycles. The topological polar surface area (TPSA) is 42.2 Å². The van der Waals surface area contributed by atoms with Gasteiger partial charge in [-0.1, -0.05) is 24.9 Å².